The Morgan fingerprint density at radius 3 is 2.66 bits per heavy atom. The van der Waals surface area contributed by atoms with E-state index in [1.807, 2.05) is 49.4 Å². The van der Waals surface area contributed by atoms with E-state index in [1.54, 1.807) is 7.11 Å². The van der Waals surface area contributed by atoms with Crippen molar-refractivity contribution in [3.63, 3.8) is 0 Å². The van der Waals surface area contributed by atoms with Gasteiger partial charge in [-0.3, -0.25) is 9.69 Å². The second-order valence-electron chi connectivity index (χ2n) is 8.47. The van der Waals surface area contributed by atoms with Crippen molar-refractivity contribution < 1.29 is 13.9 Å². The molecule has 0 radical (unpaired) electrons. The number of rotatable bonds is 7. The number of ether oxygens (including phenoxy) is 1. The summed E-state index contributed by atoms with van der Waals surface area (Å²) in [7, 11) is 3.84. The molecule has 0 saturated carbocycles. The van der Waals surface area contributed by atoms with Crippen LogP contribution in [0.2, 0.25) is 0 Å². The zero-order chi connectivity index (χ0) is 22.5. The molecule has 1 N–H and O–H groups in total. The zero-order valence-corrected chi connectivity index (χ0v) is 19.0. The lowest BCUT2D eigenvalue weighted by molar-refractivity contribution is -0.120. The second kappa shape index (κ2) is 10.0. The number of hydrogen-bond acceptors (Lipinski definition) is 5. The number of nitrogens with one attached hydrogen (secondary N) is 1. The van der Waals surface area contributed by atoms with Crippen molar-refractivity contribution in [2.75, 3.05) is 27.2 Å². The van der Waals surface area contributed by atoms with Gasteiger partial charge in [0.1, 0.15) is 11.5 Å². The van der Waals surface area contributed by atoms with Gasteiger partial charge in [0, 0.05) is 18.2 Å². The lowest BCUT2D eigenvalue weighted by Gasteiger charge is -2.39. The largest absolute Gasteiger partial charge is 0.497 e. The lowest BCUT2D eigenvalue weighted by Crippen LogP contribution is -2.42. The van der Waals surface area contributed by atoms with Crippen molar-refractivity contribution in [2.24, 2.45) is 5.92 Å². The third kappa shape index (κ3) is 5.02. The van der Waals surface area contributed by atoms with Gasteiger partial charge in [0.2, 0.25) is 11.8 Å². The second-order valence-corrected chi connectivity index (χ2v) is 8.47. The number of likely N-dealkylation sites (tertiary alicyclic amines) is 1. The molecule has 2 heterocycles. The molecule has 0 bridgehead atoms. The summed E-state index contributed by atoms with van der Waals surface area (Å²) in [6.45, 7) is 3.56. The van der Waals surface area contributed by atoms with Gasteiger partial charge in [-0.25, -0.2) is 4.98 Å². The molecule has 1 aliphatic heterocycles. The molecule has 0 aliphatic carbocycles. The zero-order valence-electron chi connectivity index (χ0n) is 19.0. The van der Waals surface area contributed by atoms with Crippen LogP contribution >= 0.6 is 0 Å². The molecule has 2 aromatic carbocycles. The van der Waals surface area contributed by atoms with E-state index >= 15 is 0 Å². The van der Waals surface area contributed by atoms with Crippen LogP contribution in [0.25, 0.3) is 11.5 Å². The van der Waals surface area contributed by atoms with Gasteiger partial charge in [-0.1, -0.05) is 30.3 Å². The number of benzene rings is 2. The van der Waals surface area contributed by atoms with E-state index in [4.69, 9.17) is 9.15 Å². The van der Waals surface area contributed by atoms with Gasteiger partial charge < -0.3 is 14.5 Å². The van der Waals surface area contributed by atoms with Crippen molar-refractivity contribution >= 4 is 5.91 Å². The number of aryl methyl sites for hydroxylation is 1. The van der Waals surface area contributed by atoms with Gasteiger partial charge in [0.15, 0.2) is 0 Å². The van der Waals surface area contributed by atoms with Crippen LogP contribution in [0.15, 0.2) is 59.0 Å². The van der Waals surface area contributed by atoms with Crippen molar-refractivity contribution in [2.45, 2.75) is 32.2 Å². The van der Waals surface area contributed by atoms with Crippen LogP contribution in [-0.2, 0) is 11.2 Å². The summed E-state index contributed by atoms with van der Waals surface area (Å²) in [5.41, 5.74) is 2.86. The SMILES string of the molecule is COc1ccc(C2C(CNC(=O)Cc3nc(-c4ccccc4)oc3C)CCCN2C)cc1. The summed E-state index contributed by atoms with van der Waals surface area (Å²) < 4.78 is 11.1. The van der Waals surface area contributed by atoms with Crippen LogP contribution in [0.3, 0.4) is 0 Å². The molecule has 6 heteroatoms. The highest BCUT2D eigenvalue weighted by molar-refractivity contribution is 5.78. The smallest absolute Gasteiger partial charge is 0.226 e. The van der Waals surface area contributed by atoms with Crippen LogP contribution < -0.4 is 10.1 Å². The summed E-state index contributed by atoms with van der Waals surface area (Å²) >= 11 is 0. The molecule has 2 atom stereocenters. The maximum absolute atomic E-state index is 12.7. The molecule has 1 amide bonds. The van der Waals surface area contributed by atoms with Gasteiger partial charge in [-0.15, -0.1) is 0 Å². The standard InChI is InChI=1S/C26H31N3O3/c1-18-23(28-26(32-18)20-8-5-4-6-9-20)16-24(30)27-17-21-10-7-15-29(2)25(21)19-11-13-22(31-3)14-12-19/h4-6,8-9,11-14,21,25H,7,10,15-17H2,1-3H3,(H,27,30). The Bertz CT molecular complexity index is 1030. The average Bonchev–Trinajstić information content (AvgIpc) is 3.18. The molecule has 1 fully saturated rings. The van der Waals surface area contributed by atoms with Crippen molar-refractivity contribution in [3.8, 4) is 17.2 Å². The summed E-state index contributed by atoms with van der Waals surface area (Å²) in [5, 5.41) is 3.15. The summed E-state index contributed by atoms with van der Waals surface area (Å²) in [5.74, 6) is 2.42. The van der Waals surface area contributed by atoms with E-state index in [2.05, 4.69) is 34.4 Å². The van der Waals surface area contributed by atoms with Crippen molar-refractivity contribution in [1.82, 2.24) is 15.2 Å². The predicted molar refractivity (Wildman–Crippen MR) is 124 cm³/mol. The number of carbonyl (C=O) groups is 1. The number of oxazole rings is 1. The number of methoxy groups -OCH3 is 1. The number of piperidine rings is 1. The third-order valence-corrected chi connectivity index (χ3v) is 6.27. The van der Waals surface area contributed by atoms with Crippen LogP contribution in [0.1, 0.15) is 35.9 Å². The quantitative estimate of drug-likeness (QED) is 0.598. The van der Waals surface area contributed by atoms with Gasteiger partial charge in [-0.05, 0) is 69.1 Å². The maximum atomic E-state index is 12.7. The maximum Gasteiger partial charge on any atom is 0.226 e. The molecular weight excluding hydrogens is 402 g/mol. The first-order chi connectivity index (χ1) is 15.5. The first-order valence-corrected chi connectivity index (χ1v) is 11.2. The minimum absolute atomic E-state index is 0.0253. The number of carbonyl (C=O) groups excluding carboxylic acids is 1. The number of amides is 1. The lowest BCUT2D eigenvalue weighted by atomic mass is 9.85. The topological polar surface area (TPSA) is 67.6 Å². The van der Waals surface area contributed by atoms with Gasteiger partial charge in [-0.2, -0.15) is 0 Å². The average molecular weight is 434 g/mol. The van der Waals surface area contributed by atoms with Gasteiger partial charge >= 0.3 is 0 Å². The Morgan fingerprint density at radius 1 is 1.19 bits per heavy atom. The summed E-state index contributed by atoms with van der Waals surface area (Å²) in [4.78, 5) is 19.7. The molecule has 168 valence electrons. The van der Waals surface area contributed by atoms with E-state index in [1.165, 1.54) is 5.56 Å². The number of aromatic nitrogens is 1. The van der Waals surface area contributed by atoms with Gasteiger partial charge in [0.05, 0.1) is 19.2 Å². The Kier molecular flexibility index (Phi) is 6.90. The van der Waals surface area contributed by atoms with Gasteiger partial charge in [0.25, 0.3) is 0 Å². The number of hydrogen-bond donors (Lipinski definition) is 1. The van der Waals surface area contributed by atoms with Crippen molar-refractivity contribution in [1.29, 1.82) is 0 Å². The van der Waals surface area contributed by atoms with Crippen LogP contribution in [0.5, 0.6) is 5.75 Å². The molecule has 0 spiro atoms. The number of nitrogens with zero attached hydrogens (tertiary/aromatic N) is 2. The molecule has 1 aromatic heterocycles. The van der Waals surface area contributed by atoms with Crippen LogP contribution in [0.4, 0.5) is 0 Å². The Labute approximate surface area is 189 Å². The highest BCUT2D eigenvalue weighted by atomic mass is 16.5. The molecule has 3 aromatic rings. The highest BCUT2D eigenvalue weighted by Crippen LogP contribution is 2.35. The van der Waals surface area contributed by atoms with Crippen molar-refractivity contribution in [3.05, 3.63) is 71.6 Å². The normalized spacial score (nSPS) is 19.0. The molecular formula is C26H31N3O3. The molecule has 2 unspecified atom stereocenters. The monoisotopic (exact) mass is 433 g/mol. The van der Waals surface area contributed by atoms with E-state index in [-0.39, 0.29) is 18.4 Å². The fraction of sp³-hybridized carbons (Fsp3) is 0.385. The molecule has 1 aliphatic rings. The fourth-order valence-corrected chi connectivity index (χ4v) is 4.56. The Balaban J connectivity index is 1.39. The molecule has 32 heavy (non-hydrogen) atoms. The first kappa shape index (κ1) is 22.1. The predicted octanol–water partition coefficient (Wildman–Crippen LogP) is 4.40. The summed E-state index contributed by atoms with van der Waals surface area (Å²) in [6, 6.07) is 18.3. The minimum Gasteiger partial charge on any atom is -0.497 e. The molecule has 6 nitrogen and oxygen atoms in total. The molecule has 1 saturated heterocycles. The fourth-order valence-electron chi connectivity index (χ4n) is 4.56. The van der Waals surface area contributed by atoms with Crippen LogP contribution in [-0.4, -0.2) is 43.0 Å². The summed E-state index contributed by atoms with van der Waals surface area (Å²) in [6.07, 6.45) is 2.44. The van der Waals surface area contributed by atoms with E-state index in [0.717, 1.165) is 30.7 Å². The molecule has 4 rings (SSSR count). The Hall–Kier alpha value is -3.12. The minimum atomic E-state index is -0.0253. The van der Waals surface area contributed by atoms with Crippen LogP contribution in [0, 0.1) is 12.8 Å². The third-order valence-electron chi connectivity index (χ3n) is 6.27. The van der Waals surface area contributed by atoms with E-state index in [9.17, 15) is 4.79 Å². The highest BCUT2D eigenvalue weighted by Gasteiger charge is 2.30. The van der Waals surface area contributed by atoms with E-state index < -0.39 is 0 Å². The Morgan fingerprint density at radius 2 is 1.94 bits per heavy atom. The van der Waals surface area contributed by atoms with E-state index in [0.29, 0.717) is 29.8 Å². The first-order valence-electron chi connectivity index (χ1n) is 11.2.